The lowest BCUT2D eigenvalue weighted by Gasteiger charge is -2.22. The zero-order chi connectivity index (χ0) is 16.3. The lowest BCUT2D eigenvalue weighted by atomic mass is 9.94. The van der Waals surface area contributed by atoms with Gasteiger partial charge in [-0.2, -0.15) is 0 Å². The number of ether oxygens (including phenoxy) is 2. The van der Waals surface area contributed by atoms with Crippen LogP contribution in [-0.4, -0.2) is 31.3 Å². The first-order chi connectivity index (χ1) is 11.1. The predicted molar refractivity (Wildman–Crippen MR) is 85.8 cm³/mol. The van der Waals surface area contributed by atoms with Crippen molar-refractivity contribution in [1.82, 2.24) is 5.32 Å². The number of esters is 1. The Hall–Kier alpha value is -1.52. The van der Waals surface area contributed by atoms with Crippen LogP contribution < -0.4 is 5.32 Å². The third-order valence-electron chi connectivity index (χ3n) is 5.73. The summed E-state index contributed by atoms with van der Waals surface area (Å²) in [6, 6.07) is 0.229. The Morgan fingerprint density at radius 1 is 1.04 bits per heavy atom. The minimum absolute atomic E-state index is 0.0380. The van der Waals surface area contributed by atoms with E-state index in [2.05, 4.69) is 11.9 Å². The Morgan fingerprint density at radius 3 is 2.43 bits per heavy atom. The standard InChI is InChI=1S/C18H27NO4/c1-13(18-9-5-6-14(18)12-18)16(20)22-10-11-23-17(21)19-15-7-3-2-4-8-15/h14-15H,1-12H2,(H,19,21). The van der Waals surface area contributed by atoms with Crippen molar-refractivity contribution in [2.24, 2.45) is 11.3 Å². The maximum Gasteiger partial charge on any atom is 0.407 e. The van der Waals surface area contributed by atoms with Gasteiger partial charge in [0.25, 0.3) is 0 Å². The van der Waals surface area contributed by atoms with Crippen molar-refractivity contribution in [1.29, 1.82) is 0 Å². The quantitative estimate of drug-likeness (QED) is 0.463. The molecule has 3 aliphatic rings. The summed E-state index contributed by atoms with van der Waals surface area (Å²) in [5.41, 5.74) is 0.655. The second-order valence-corrected chi connectivity index (χ2v) is 7.18. The molecule has 3 saturated carbocycles. The van der Waals surface area contributed by atoms with Crippen molar-refractivity contribution in [2.45, 2.75) is 63.8 Å². The number of nitrogens with one attached hydrogen (secondary N) is 1. The van der Waals surface area contributed by atoms with Crippen LogP contribution in [0.5, 0.6) is 0 Å². The summed E-state index contributed by atoms with van der Waals surface area (Å²) in [5.74, 6) is 0.311. The number of fused-ring (bicyclic) bond motifs is 1. The highest BCUT2D eigenvalue weighted by molar-refractivity contribution is 5.90. The second kappa shape index (κ2) is 6.93. The molecule has 0 aromatic heterocycles. The van der Waals surface area contributed by atoms with Gasteiger partial charge in [-0.25, -0.2) is 9.59 Å². The Kier molecular flexibility index (Phi) is 4.93. The number of hydrogen-bond acceptors (Lipinski definition) is 4. The molecule has 0 aromatic carbocycles. The number of rotatable bonds is 6. The summed E-state index contributed by atoms with van der Waals surface area (Å²) in [6.07, 6.45) is 9.73. The molecule has 3 fully saturated rings. The molecule has 5 heteroatoms. The minimum atomic E-state index is -0.414. The minimum Gasteiger partial charge on any atom is -0.459 e. The van der Waals surface area contributed by atoms with E-state index < -0.39 is 6.09 Å². The number of carbonyl (C=O) groups excluding carboxylic acids is 2. The molecule has 0 radical (unpaired) electrons. The molecule has 1 N–H and O–H groups in total. The largest absolute Gasteiger partial charge is 0.459 e. The molecular formula is C18H27NO4. The SMILES string of the molecule is C=C(C(=O)OCCOC(=O)NC1CCCCC1)C12CCCC1C2. The van der Waals surface area contributed by atoms with E-state index in [9.17, 15) is 9.59 Å². The van der Waals surface area contributed by atoms with Crippen molar-refractivity contribution >= 4 is 12.1 Å². The highest BCUT2D eigenvalue weighted by Gasteiger charge is 2.60. The van der Waals surface area contributed by atoms with Crippen molar-refractivity contribution in [3.8, 4) is 0 Å². The third kappa shape index (κ3) is 3.70. The number of alkyl carbamates (subject to hydrolysis) is 1. The van der Waals surface area contributed by atoms with Gasteiger partial charge < -0.3 is 14.8 Å². The third-order valence-corrected chi connectivity index (χ3v) is 5.73. The molecular weight excluding hydrogens is 294 g/mol. The van der Waals surface area contributed by atoms with Gasteiger partial charge in [0, 0.05) is 17.0 Å². The number of carbonyl (C=O) groups is 2. The van der Waals surface area contributed by atoms with Gasteiger partial charge in [-0.1, -0.05) is 32.3 Å². The molecule has 0 heterocycles. The van der Waals surface area contributed by atoms with Crippen LogP contribution in [0.3, 0.4) is 0 Å². The number of amides is 1. The van der Waals surface area contributed by atoms with Gasteiger partial charge in [-0.3, -0.25) is 0 Å². The van der Waals surface area contributed by atoms with Crippen LogP contribution in [0.2, 0.25) is 0 Å². The van der Waals surface area contributed by atoms with Crippen LogP contribution in [0, 0.1) is 11.3 Å². The van der Waals surface area contributed by atoms with Crippen molar-refractivity contribution < 1.29 is 19.1 Å². The zero-order valence-corrected chi connectivity index (χ0v) is 13.8. The van der Waals surface area contributed by atoms with Crippen LogP contribution in [0.25, 0.3) is 0 Å². The Bertz CT molecular complexity index is 483. The van der Waals surface area contributed by atoms with Crippen LogP contribution in [0.15, 0.2) is 12.2 Å². The molecule has 3 aliphatic carbocycles. The van der Waals surface area contributed by atoms with E-state index in [-0.39, 0.29) is 30.6 Å². The maximum absolute atomic E-state index is 12.0. The molecule has 3 rings (SSSR count). The maximum atomic E-state index is 12.0. The summed E-state index contributed by atoms with van der Waals surface area (Å²) in [5, 5.41) is 2.87. The molecule has 2 atom stereocenters. The van der Waals surface area contributed by atoms with Crippen LogP contribution >= 0.6 is 0 Å². The highest BCUT2D eigenvalue weighted by Crippen LogP contribution is 2.67. The molecule has 0 aromatic rings. The summed E-state index contributed by atoms with van der Waals surface area (Å²) in [7, 11) is 0. The fourth-order valence-electron chi connectivity index (χ4n) is 4.26. The second-order valence-electron chi connectivity index (χ2n) is 7.18. The van der Waals surface area contributed by atoms with Gasteiger partial charge in [-0.15, -0.1) is 0 Å². The summed E-state index contributed by atoms with van der Waals surface area (Å²) in [4.78, 5) is 23.7. The van der Waals surface area contributed by atoms with Gasteiger partial charge in [0.15, 0.2) is 0 Å². The van der Waals surface area contributed by atoms with E-state index in [4.69, 9.17) is 9.47 Å². The number of hydrogen-bond donors (Lipinski definition) is 1. The van der Waals surface area contributed by atoms with E-state index in [0.717, 1.165) is 38.5 Å². The smallest absolute Gasteiger partial charge is 0.407 e. The van der Waals surface area contributed by atoms with Crippen LogP contribution in [-0.2, 0) is 14.3 Å². The van der Waals surface area contributed by atoms with Gasteiger partial charge in [-0.05, 0) is 38.0 Å². The van der Waals surface area contributed by atoms with Crippen molar-refractivity contribution in [3.05, 3.63) is 12.2 Å². The first-order valence-electron chi connectivity index (χ1n) is 8.91. The highest BCUT2D eigenvalue weighted by atomic mass is 16.6. The average Bonchev–Trinajstić information content (AvgIpc) is 3.13. The van der Waals surface area contributed by atoms with E-state index in [1.54, 1.807) is 0 Å². The van der Waals surface area contributed by atoms with Crippen LogP contribution in [0.1, 0.15) is 57.8 Å². The fourth-order valence-corrected chi connectivity index (χ4v) is 4.26. The van der Waals surface area contributed by atoms with Crippen molar-refractivity contribution in [2.75, 3.05) is 13.2 Å². The lowest BCUT2D eigenvalue weighted by molar-refractivity contribution is -0.140. The van der Waals surface area contributed by atoms with E-state index in [1.807, 2.05) is 0 Å². The van der Waals surface area contributed by atoms with Gasteiger partial charge in [0.05, 0.1) is 0 Å². The zero-order valence-electron chi connectivity index (χ0n) is 13.8. The molecule has 5 nitrogen and oxygen atoms in total. The normalized spacial score (nSPS) is 29.5. The molecule has 0 aliphatic heterocycles. The first-order valence-corrected chi connectivity index (χ1v) is 8.91. The molecule has 128 valence electrons. The van der Waals surface area contributed by atoms with Crippen molar-refractivity contribution in [3.63, 3.8) is 0 Å². The Labute approximate surface area is 137 Å². The van der Waals surface area contributed by atoms with Gasteiger partial charge in [0.2, 0.25) is 0 Å². The van der Waals surface area contributed by atoms with E-state index in [1.165, 1.54) is 19.3 Å². The van der Waals surface area contributed by atoms with E-state index >= 15 is 0 Å². The van der Waals surface area contributed by atoms with Gasteiger partial charge >= 0.3 is 12.1 Å². The lowest BCUT2D eigenvalue weighted by Crippen LogP contribution is -2.37. The Morgan fingerprint density at radius 2 is 1.78 bits per heavy atom. The van der Waals surface area contributed by atoms with Crippen LogP contribution in [0.4, 0.5) is 4.79 Å². The summed E-state index contributed by atoms with van der Waals surface area (Å²) in [6.45, 7) is 4.13. The molecule has 1 amide bonds. The average molecular weight is 321 g/mol. The van der Waals surface area contributed by atoms with Gasteiger partial charge in [0.1, 0.15) is 13.2 Å². The predicted octanol–water partition coefficient (Wildman–Crippen LogP) is 3.33. The monoisotopic (exact) mass is 321 g/mol. The summed E-state index contributed by atoms with van der Waals surface area (Å²) >= 11 is 0. The molecule has 23 heavy (non-hydrogen) atoms. The molecule has 2 unspecified atom stereocenters. The molecule has 0 bridgehead atoms. The fraction of sp³-hybridized carbons (Fsp3) is 0.778. The Balaban J connectivity index is 1.29. The first kappa shape index (κ1) is 16.3. The topological polar surface area (TPSA) is 64.6 Å². The molecule has 0 spiro atoms. The summed E-state index contributed by atoms with van der Waals surface area (Å²) < 4.78 is 10.3. The van der Waals surface area contributed by atoms with E-state index in [0.29, 0.717) is 11.5 Å². The molecule has 0 saturated heterocycles.